The molecule has 0 spiro atoms. The molecule has 1 N–H and O–H groups in total. The maximum atomic E-state index is 10.9. The lowest BCUT2D eigenvalue weighted by atomic mass is 10.1. The molecule has 0 atom stereocenters. The molecule has 2 heterocycles. The maximum Gasteiger partial charge on any atom is 0.407 e. The van der Waals surface area contributed by atoms with E-state index in [2.05, 4.69) is 0 Å². The number of hydrogen-bond donors (Lipinski definition) is 1. The molecular formula is C15H19NO5. The molecule has 114 valence electrons. The first-order chi connectivity index (χ1) is 11.6. The van der Waals surface area contributed by atoms with Gasteiger partial charge < -0.3 is 24.2 Å². The van der Waals surface area contributed by atoms with Crippen molar-refractivity contribution in [2.24, 2.45) is 0 Å². The van der Waals surface area contributed by atoms with Crippen molar-refractivity contribution in [2.45, 2.75) is 25.9 Å². The van der Waals surface area contributed by atoms with Gasteiger partial charge in [-0.25, -0.2) is 4.79 Å². The first kappa shape index (κ1) is 9.76. The van der Waals surface area contributed by atoms with Gasteiger partial charge >= 0.3 is 6.09 Å². The predicted octanol–water partition coefficient (Wildman–Crippen LogP) is 2.29. The Morgan fingerprint density at radius 3 is 2.81 bits per heavy atom. The average Bonchev–Trinajstić information content (AvgIpc) is 2.52. The minimum absolute atomic E-state index is 0.112. The van der Waals surface area contributed by atoms with E-state index in [9.17, 15) is 4.79 Å². The summed E-state index contributed by atoms with van der Waals surface area (Å²) in [6.45, 7) is -2.76. The third-order valence-electron chi connectivity index (χ3n) is 3.68. The van der Waals surface area contributed by atoms with Crippen LogP contribution in [-0.4, -0.2) is 48.4 Å². The second-order valence-electron chi connectivity index (χ2n) is 5.01. The monoisotopic (exact) mass is 297 g/mol. The fourth-order valence-electron chi connectivity index (χ4n) is 2.48. The predicted molar refractivity (Wildman–Crippen MR) is 75.4 cm³/mol. The number of benzene rings is 1. The summed E-state index contributed by atoms with van der Waals surface area (Å²) in [7, 11) is 0. The quantitative estimate of drug-likeness (QED) is 0.907. The van der Waals surface area contributed by atoms with Crippen LogP contribution in [0.25, 0.3) is 0 Å². The number of fused-ring (bicyclic) bond motifs is 1. The SMILES string of the molecule is [2H]C1([2H])Oc2ccc(OC3CCN(C(=O)O)CC3)c(C)c2OC1([2H])[2H]. The van der Waals surface area contributed by atoms with Crippen molar-refractivity contribution in [3.63, 3.8) is 0 Å². The van der Waals surface area contributed by atoms with Crippen molar-refractivity contribution < 1.29 is 29.6 Å². The lowest BCUT2D eigenvalue weighted by Crippen LogP contribution is -2.41. The first-order valence-electron chi connectivity index (χ1n) is 8.77. The van der Waals surface area contributed by atoms with Crippen LogP contribution in [0, 0.1) is 6.92 Å². The molecule has 0 saturated carbocycles. The zero-order chi connectivity index (χ0) is 18.4. The molecule has 6 heteroatoms. The lowest BCUT2D eigenvalue weighted by Gasteiger charge is -2.31. The molecule has 21 heavy (non-hydrogen) atoms. The zero-order valence-corrected chi connectivity index (χ0v) is 11.6. The highest BCUT2D eigenvalue weighted by Gasteiger charge is 2.25. The van der Waals surface area contributed by atoms with Crippen molar-refractivity contribution >= 4 is 6.09 Å². The number of carbonyl (C=O) groups is 1. The number of likely N-dealkylation sites (tertiary alicyclic amines) is 1. The van der Waals surface area contributed by atoms with Crippen LogP contribution in [0.15, 0.2) is 12.1 Å². The topological polar surface area (TPSA) is 68.2 Å². The zero-order valence-electron chi connectivity index (χ0n) is 15.6. The Balaban J connectivity index is 1.76. The molecule has 1 saturated heterocycles. The molecule has 1 fully saturated rings. The first-order valence-corrected chi connectivity index (χ1v) is 6.77. The van der Waals surface area contributed by atoms with Crippen LogP contribution >= 0.6 is 0 Å². The summed E-state index contributed by atoms with van der Waals surface area (Å²) in [6, 6.07) is 3.11. The molecule has 0 radical (unpaired) electrons. The van der Waals surface area contributed by atoms with Crippen LogP contribution < -0.4 is 14.2 Å². The van der Waals surface area contributed by atoms with Crippen LogP contribution in [-0.2, 0) is 0 Å². The van der Waals surface area contributed by atoms with Crippen molar-refractivity contribution in [1.29, 1.82) is 0 Å². The summed E-state index contributed by atoms with van der Waals surface area (Å²) in [5.41, 5.74) is 0.512. The fourth-order valence-corrected chi connectivity index (χ4v) is 2.48. The molecule has 0 bridgehead atoms. The summed E-state index contributed by atoms with van der Waals surface area (Å²) in [5.74, 6) is 0.709. The van der Waals surface area contributed by atoms with Crippen molar-refractivity contribution in [1.82, 2.24) is 4.90 Å². The summed E-state index contributed by atoms with van der Waals surface area (Å²) in [5, 5.41) is 8.97. The van der Waals surface area contributed by atoms with Crippen LogP contribution in [0.3, 0.4) is 0 Å². The van der Waals surface area contributed by atoms with E-state index in [0.29, 0.717) is 37.2 Å². The Labute approximate surface area is 128 Å². The van der Waals surface area contributed by atoms with Gasteiger partial charge in [-0.1, -0.05) is 0 Å². The van der Waals surface area contributed by atoms with Crippen LogP contribution in [0.1, 0.15) is 23.9 Å². The Hall–Kier alpha value is -2.11. The molecule has 0 aliphatic carbocycles. The van der Waals surface area contributed by atoms with E-state index in [4.69, 9.17) is 24.8 Å². The molecule has 6 nitrogen and oxygen atoms in total. The number of hydrogen-bond acceptors (Lipinski definition) is 4. The molecule has 0 aromatic heterocycles. The van der Waals surface area contributed by atoms with Gasteiger partial charge in [0.1, 0.15) is 25.0 Å². The van der Waals surface area contributed by atoms with Crippen molar-refractivity contribution in [3.05, 3.63) is 17.7 Å². The maximum absolute atomic E-state index is 10.9. The minimum Gasteiger partial charge on any atom is -0.490 e. The molecule has 1 aromatic carbocycles. The van der Waals surface area contributed by atoms with E-state index in [-0.39, 0.29) is 17.6 Å². The Kier molecular flexibility index (Phi) is 2.65. The smallest absolute Gasteiger partial charge is 0.407 e. The van der Waals surface area contributed by atoms with Crippen LogP contribution in [0.5, 0.6) is 17.2 Å². The van der Waals surface area contributed by atoms with E-state index in [1.54, 1.807) is 13.0 Å². The third-order valence-corrected chi connectivity index (χ3v) is 3.68. The highest BCUT2D eigenvalue weighted by molar-refractivity contribution is 5.65. The molecule has 3 rings (SSSR count). The molecule has 2 aliphatic heterocycles. The average molecular weight is 297 g/mol. The molecular weight excluding hydrogens is 274 g/mol. The van der Waals surface area contributed by atoms with Gasteiger partial charge in [0.25, 0.3) is 0 Å². The van der Waals surface area contributed by atoms with Gasteiger partial charge in [-0.15, -0.1) is 0 Å². The standard InChI is InChI=1S/C15H19NO5/c1-10-12(2-3-13-14(10)20-9-8-19-13)21-11-4-6-16(7-5-11)15(17)18/h2-3,11H,4-9H2,1H3,(H,17,18)/i8D2,9D2. The molecule has 0 unspecified atom stereocenters. The Morgan fingerprint density at radius 2 is 2.10 bits per heavy atom. The van der Waals surface area contributed by atoms with E-state index in [1.165, 1.54) is 11.0 Å². The highest BCUT2D eigenvalue weighted by Crippen LogP contribution is 2.39. The van der Waals surface area contributed by atoms with E-state index in [1.807, 2.05) is 0 Å². The second-order valence-corrected chi connectivity index (χ2v) is 5.01. The van der Waals surface area contributed by atoms with Gasteiger partial charge in [0.15, 0.2) is 11.5 Å². The number of carboxylic acid groups (broad SMARTS) is 1. The van der Waals surface area contributed by atoms with Crippen molar-refractivity contribution in [2.75, 3.05) is 26.2 Å². The normalized spacial score (nSPS) is 26.0. The van der Waals surface area contributed by atoms with Crippen molar-refractivity contribution in [3.8, 4) is 17.2 Å². The van der Waals surface area contributed by atoms with Gasteiger partial charge in [-0.3, -0.25) is 0 Å². The lowest BCUT2D eigenvalue weighted by molar-refractivity contribution is 0.0884. The number of piperidine rings is 1. The number of amides is 1. The Bertz CT molecular complexity index is 689. The van der Waals surface area contributed by atoms with Gasteiger partial charge in [-0.2, -0.15) is 0 Å². The molecule has 1 amide bonds. The summed E-state index contributed by atoms with van der Waals surface area (Å²) >= 11 is 0. The molecule has 2 aliphatic rings. The summed E-state index contributed by atoms with van der Waals surface area (Å²) < 4.78 is 46.8. The largest absolute Gasteiger partial charge is 0.490 e. The fraction of sp³-hybridized carbons (Fsp3) is 0.533. The van der Waals surface area contributed by atoms with E-state index < -0.39 is 19.2 Å². The van der Waals surface area contributed by atoms with Gasteiger partial charge in [-0.05, 0) is 19.1 Å². The second kappa shape index (κ2) is 5.71. The number of ether oxygens (including phenoxy) is 3. The Morgan fingerprint density at radius 1 is 1.38 bits per heavy atom. The highest BCUT2D eigenvalue weighted by atomic mass is 16.6. The van der Waals surface area contributed by atoms with Gasteiger partial charge in [0, 0.05) is 31.5 Å². The minimum atomic E-state index is -2.63. The van der Waals surface area contributed by atoms with Gasteiger partial charge in [0.05, 0.1) is 5.48 Å². The summed E-state index contributed by atoms with van der Waals surface area (Å²) in [6.07, 6.45) is 0.0261. The summed E-state index contributed by atoms with van der Waals surface area (Å²) in [4.78, 5) is 12.3. The van der Waals surface area contributed by atoms with Gasteiger partial charge in [0.2, 0.25) is 0 Å². The molecule has 1 aromatic rings. The van der Waals surface area contributed by atoms with Crippen LogP contribution in [0.4, 0.5) is 4.79 Å². The van der Waals surface area contributed by atoms with Crippen LogP contribution in [0.2, 0.25) is 0 Å². The van der Waals surface area contributed by atoms with E-state index in [0.717, 1.165) is 0 Å². The number of rotatable bonds is 2. The third kappa shape index (κ3) is 2.84. The number of nitrogens with zero attached hydrogens (tertiary/aromatic N) is 1. The van der Waals surface area contributed by atoms with E-state index >= 15 is 0 Å².